The third-order valence-electron chi connectivity index (χ3n) is 2.72. The molecule has 0 atom stereocenters. The molecule has 0 saturated carbocycles. The summed E-state index contributed by atoms with van der Waals surface area (Å²) in [6.45, 7) is 7.23. The average Bonchev–Trinajstić information content (AvgIpc) is 2.31. The van der Waals surface area contributed by atoms with Crippen LogP contribution in [0, 0.1) is 6.92 Å². The van der Waals surface area contributed by atoms with Gasteiger partial charge in [-0.2, -0.15) is 0 Å². The van der Waals surface area contributed by atoms with Crippen molar-refractivity contribution in [1.29, 1.82) is 0 Å². The number of aromatic hydroxyl groups is 1. The minimum atomic E-state index is -0.930. The van der Waals surface area contributed by atoms with Crippen LogP contribution in [0.1, 0.15) is 48.2 Å². The predicted octanol–water partition coefficient (Wildman–Crippen LogP) is 2.57. The quantitative estimate of drug-likeness (QED) is 0.507. The van der Waals surface area contributed by atoms with Crippen molar-refractivity contribution < 1.29 is 19.4 Å². The Kier molecular flexibility index (Phi) is 4.48. The van der Waals surface area contributed by atoms with Gasteiger partial charge in [-0.25, -0.2) is 4.79 Å². The van der Waals surface area contributed by atoms with E-state index in [-0.39, 0.29) is 23.8 Å². The Morgan fingerprint density at radius 3 is 2.44 bits per heavy atom. The molecule has 1 rings (SSSR count). The standard InChI is InChI=1S/C14H18O4/c1-5-18-14(17)13(16)11-10(8(2)3)7-6-9(4)12(11)15/h6-8,15H,5H2,1-4H3. The van der Waals surface area contributed by atoms with Crippen LogP contribution < -0.4 is 0 Å². The van der Waals surface area contributed by atoms with E-state index in [4.69, 9.17) is 0 Å². The lowest BCUT2D eigenvalue weighted by molar-refractivity contribution is -0.137. The molecule has 0 unspecified atom stereocenters. The number of ketones is 1. The molecule has 18 heavy (non-hydrogen) atoms. The summed E-state index contributed by atoms with van der Waals surface area (Å²) in [5.74, 6) is -1.83. The molecule has 0 aliphatic heterocycles. The van der Waals surface area contributed by atoms with Gasteiger partial charge >= 0.3 is 5.97 Å². The second kappa shape index (κ2) is 5.67. The maximum absolute atomic E-state index is 12.0. The van der Waals surface area contributed by atoms with Crippen molar-refractivity contribution in [2.45, 2.75) is 33.6 Å². The Bertz CT molecular complexity index is 475. The maximum Gasteiger partial charge on any atom is 0.379 e. The molecule has 1 aromatic carbocycles. The van der Waals surface area contributed by atoms with Gasteiger partial charge in [0.1, 0.15) is 5.75 Å². The van der Waals surface area contributed by atoms with E-state index in [1.54, 1.807) is 26.0 Å². The van der Waals surface area contributed by atoms with Gasteiger partial charge in [0.05, 0.1) is 12.2 Å². The van der Waals surface area contributed by atoms with E-state index < -0.39 is 11.8 Å². The number of Topliss-reactive ketones (excluding diaryl/α,β-unsaturated/α-hetero) is 1. The summed E-state index contributed by atoms with van der Waals surface area (Å²) in [7, 11) is 0. The van der Waals surface area contributed by atoms with Gasteiger partial charge in [0.15, 0.2) is 0 Å². The number of hydrogen-bond acceptors (Lipinski definition) is 4. The summed E-state index contributed by atoms with van der Waals surface area (Å²) >= 11 is 0. The molecule has 1 aromatic rings. The number of esters is 1. The fourth-order valence-corrected chi connectivity index (χ4v) is 1.73. The van der Waals surface area contributed by atoms with Crippen molar-refractivity contribution in [3.63, 3.8) is 0 Å². The van der Waals surface area contributed by atoms with Crippen molar-refractivity contribution in [1.82, 2.24) is 0 Å². The maximum atomic E-state index is 12.0. The molecule has 0 amide bonds. The van der Waals surface area contributed by atoms with E-state index in [0.29, 0.717) is 11.1 Å². The van der Waals surface area contributed by atoms with E-state index in [9.17, 15) is 14.7 Å². The first kappa shape index (κ1) is 14.2. The molecule has 0 radical (unpaired) electrons. The van der Waals surface area contributed by atoms with Crippen molar-refractivity contribution >= 4 is 11.8 Å². The van der Waals surface area contributed by atoms with Crippen LogP contribution >= 0.6 is 0 Å². The molecule has 0 fully saturated rings. The molecule has 0 aliphatic rings. The number of carbonyl (C=O) groups is 2. The fraction of sp³-hybridized carbons (Fsp3) is 0.429. The zero-order chi connectivity index (χ0) is 13.9. The summed E-state index contributed by atoms with van der Waals surface area (Å²) in [6.07, 6.45) is 0. The van der Waals surface area contributed by atoms with Crippen LogP contribution in [0.25, 0.3) is 0 Å². The Balaban J connectivity index is 3.33. The molecule has 4 nitrogen and oxygen atoms in total. The van der Waals surface area contributed by atoms with E-state index in [2.05, 4.69) is 4.74 Å². The first-order valence-corrected chi connectivity index (χ1v) is 5.94. The minimum Gasteiger partial charge on any atom is -0.507 e. The van der Waals surface area contributed by atoms with E-state index in [1.165, 1.54) is 0 Å². The summed E-state index contributed by atoms with van der Waals surface area (Å²) in [4.78, 5) is 23.5. The van der Waals surface area contributed by atoms with Gasteiger partial charge in [0.2, 0.25) is 0 Å². The van der Waals surface area contributed by atoms with Crippen molar-refractivity contribution in [3.05, 3.63) is 28.8 Å². The SMILES string of the molecule is CCOC(=O)C(=O)c1c(C(C)C)ccc(C)c1O. The first-order valence-electron chi connectivity index (χ1n) is 5.94. The third kappa shape index (κ3) is 2.70. The second-order valence-electron chi connectivity index (χ2n) is 4.40. The summed E-state index contributed by atoms with van der Waals surface area (Å²) in [5, 5.41) is 9.99. The Morgan fingerprint density at radius 2 is 1.94 bits per heavy atom. The van der Waals surface area contributed by atoms with Crippen LogP contribution in [0.4, 0.5) is 0 Å². The number of aryl methyl sites for hydroxylation is 1. The highest BCUT2D eigenvalue weighted by Crippen LogP contribution is 2.30. The summed E-state index contributed by atoms with van der Waals surface area (Å²) in [6, 6.07) is 3.48. The van der Waals surface area contributed by atoms with Gasteiger partial charge in [-0.1, -0.05) is 26.0 Å². The Morgan fingerprint density at radius 1 is 1.33 bits per heavy atom. The Labute approximate surface area is 107 Å². The summed E-state index contributed by atoms with van der Waals surface area (Å²) in [5.41, 5.74) is 1.27. The lowest BCUT2D eigenvalue weighted by atomic mass is 9.92. The molecule has 0 spiro atoms. The van der Waals surface area contributed by atoms with Gasteiger partial charge in [-0.05, 0) is 30.9 Å². The first-order chi connectivity index (χ1) is 8.40. The number of rotatable bonds is 4. The Hall–Kier alpha value is -1.84. The molecule has 0 saturated heterocycles. The van der Waals surface area contributed by atoms with E-state index in [1.807, 2.05) is 13.8 Å². The second-order valence-corrected chi connectivity index (χ2v) is 4.40. The predicted molar refractivity (Wildman–Crippen MR) is 67.9 cm³/mol. The van der Waals surface area contributed by atoms with Crippen LogP contribution in [0.5, 0.6) is 5.75 Å². The van der Waals surface area contributed by atoms with E-state index in [0.717, 1.165) is 0 Å². The lowest BCUT2D eigenvalue weighted by Crippen LogP contribution is -2.20. The van der Waals surface area contributed by atoms with Crippen LogP contribution in [-0.4, -0.2) is 23.5 Å². The van der Waals surface area contributed by atoms with Crippen LogP contribution in [0.3, 0.4) is 0 Å². The van der Waals surface area contributed by atoms with Crippen molar-refractivity contribution in [2.24, 2.45) is 0 Å². The molecule has 0 aliphatic carbocycles. The van der Waals surface area contributed by atoms with Crippen molar-refractivity contribution in [2.75, 3.05) is 6.61 Å². The number of hydrogen-bond donors (Lipinski definition) is 1. The van der Waals surface area contributed by atoms with Crippen LogP contribution in [0.15, 0.2) is 12.1 Å². The molecule has 4 heteroatoms. The number of phenols is 1. The molecule has 0 aromatic heterocycles. The topological polar surface area (TPSA) is 63.6 Å². The average molecular weight is 250 g/mol. The van der Waals surface area contributed by atoms with E-state index >= 15 is 0 Å². The lowest BCUT2D eigenvalue weighted by Gasteiger charge is -2.14. The molecule has 0 heterocycles. The zero-order valence-electron chi connectivity index (χ0n) is 11.1. The largest absolute Gasteiger partial charge is 0.507 e. The minimum absolute atomic E-state index is 0.0323. The van der Waals surface area contributed by atoms with Gasteiger partial charge in [0, 0.05) is 0 Å². The normalized spacial score (nSPS) is 10.5. The summed E-state index contributed by atoms with van der Waals surface area (Å²) < 4.78 is 4.69. The van der Waals surface area contributed by atoms with Crippen LogP contribution in [0.2, 0.25) is 0 Å². The molecule has 1 N–H and O–H groups in total. The van der Waals surface area contributed by atoms with Crippen molar-refractivity contribution in [3.8, 4) is 5.75 Å². The fourth-order valence-electron chi connectivity index (χ4n) is 1.73. The molecular weight excluding hydrogens is 232 g/mol. The monoisotopic (exact) mass is 250 g/mol. The molecule has 98 valence electrons. The smallest absolute Gasteiger partial charge is 0.379 e. The highest BCUT2D eigenvalue weighted by atomic mass is 16.5. The molecular formula is C14H18O4. The number of benzene rings is 1. The molecule has 0 bridgehead atoms. The number of carbonyl (C=O) groups excluding carboxylic acids is 2. The van der Waals surface area contributed by atoms with Gasteiger partial charge in [-0.3, -0.25) is 4.79 Å². The highest BCUT2D eigenvalue weighted by Gasteiger charge is 2.26. The van der Waals surface area contributed by atoms with Crippen LogP contribution in [-0.2, 0) is 9.53 Å². The highest BCUT2D eigenvalue weighted by molar-refractivity contribution is 6.41. The van der Waals surface area contributed by atoms with Gasteiger partial charge in [0.25, 0.3) is 5.78 Å². The number of ether oxygens (including phenoxy) is 1. The zero-order valence-corrected chi connectivity index (χ0v) is 11.1. The number of phenolic OH excluding ortho intramolecular Hbond substituents is 1. The van der Waals surface area contributed by atoms with Gasteiger partial charge < -0.3 is 9.84 Å². The van der Waals surface area contributed by atoms with Gasteiger partial charge in [-0.15, -0.1) is 0 Å². The third-order valence-corrected chi connectivity index (χ3v) is 2.72.